The van der Waals surface area contributed by atoms with Gasteiger partial charge in [-0.1, -0.05) is 36.4 Å². The van der Waals surface area contributed by atoms with Crippen molar-refractivity contribution >= 4 is 33.7 Å². The Morgan fingerprint density at radius 3 is 2.03 bits per heavy atom. The van der Waals surface area contributed by atoms with E-state index in [9.17, 15) is 14.7 Å². The van der Waals surface area contributed by atoms with Crippen LogP contribution in [0.3, 0.4) is 0 Å². The van der Waals surface area contributed by atoms with Gasteiger partial charge in [-0.15, -0.1) is 0 Å². The van der Waals surface area contributed by atoms with Gasteiger partial charge in [0.15, 0.2) is 12.4 Å². The predicted octanol–water partition coefficient (Wildman–Crippen LogP) is 2.81. The molecule has 169 valence electrons. The number of hydrogen-bond acceptors (Lipinski definition) is 6. The van der Waals surface area contributed by atoms with Crippen molar-refractivity contribution < 1.29 is 28.9 Å². The molecule has 8 heteroatoms. The number of aromatic nitrogens is 2. The van der Waals surface area contributed by atoms with E-state index in [2.05, 4.69) is 9.97 Å². The van der Waals surface area contributed by atoms with E-state index >= 15 is 0 Å². The van der Waals surface area contributed by atoms with Crippen LogP contribution in [0.4, 0.5) is 0 Å². The minimum Gasteiger partial charge on any atom is -0.458 e. The maximum absolute atomic E-state index is 12.6. The third kappa shape index (κ3) is 4.48. The van der Waals surface area contributed by atoms with Crippen molar-refractivity contribution in [1.29, 1.82) is 0 Å². The van der Waals surface area contributed by atoms with Crippen molar-refractivity contribution in [1.82, 2.24) is 9.97 Å². The number of carbonyl (C=O) groups is 2. The molecule has 0 saturated carbocycles. The zero-order valence-corrected chi connectivity index (χ0v) is 17.7. The monoisotopic (exact) mass is 447 g/mol. The van der Waals surface area contributed by atoms with Gasteiger partial charge in [0.25, 0.3) is 0 Å². The number of carbonyl (C=O) groups excluding carboxylic acids is 2. The molecule has 3 atom stereocenters. The average molecular weight is 447 g/mol. The number of aliphatic hydroxyl groups excluding tert-OH is 1. The highest BCUT2D eigenvalue weighted by Gasteiger charge is 2.39. The molecule has 3 heterocycles. The van der Waals surface area contributed by atoms with Gasteiger partial charge in [-0.25, -0.2) is 0 Å². The van der Waals surface area contributed by atoms with Crippen LogP contribution in [0.25, 0.3) is 21.8 Å². The standard InChI is InChI=1S/C25H23N2O6/c28-22(11-15-13-26-19-7-3-1-5-17(15)19)32-21-9-10-31-25(30)24(21)33-23(29)12-16-14-27-20-8-4-2-6-18(16)20/h1-9,13-14,21,24-27,30H,10-12H2/t21-,24+,25?/m0/s1. The molecule has 3 N–H and O–H groups in total. The first-order chi connectivity index (χ1) is 16.1. The van der Waals surface area contributed by atoms with Gasteiger partial charge >= 0.3 is 11.9 Å². The number of hydrogen-bond donors (Lipinski definition) is 3. The lowest BCUT2D eigenvalue weighted by Gasteiger charge is -2.34. The van der Waals surface area contributed by atoms with Gasteiger partial charge in [0.1, 0.15) is 6.10 Å². The first-order valence-electron chi connectivity index (χ1n) is 10.7. The highest BCUT2D eigenvalue weighted by atomic mass is 16.7. The van der Waals surface area contributed by atoms with Crippen LogP contribution in [0.5, 0.6) is 0 Å². The summed E-state index contributed by atoms with van der Waals surface area (Å²) < 4.78 is 16.3. The van der Waals surface area contributed by atoms with Crippen LogP contribution in [0.2, 0.25) is 0 Å². The third-order valence-electron chi connectivity index (χ3n) is 5.75. The SMILES string of the molecule is O=C(Cc1c[nH]c2ccccc12)O[C@H]1[CH]COC(O)[C@@H]1OC(=O)Cc1c[nH]c2ccccc12. The van der Waals surface area contributed by atoms with Gasteiger partial charge in [0.2, 0.25) is 0 Å². The van der Waals surface area contributed by atoms with Crippen molar-refractivity contribution in [3.63, 3.8) is 0 Å². The second-order valence-corrected chi connectivity index (χ2v) is 7.94. The third-order valence-corrected chi connectivity index (χ3v) is 5.75. The minimum absolute atomic E-state index is 0.00321. The molecule has 5 rings (SSSR count). The highest BCUT2D eigenvalue weighted by molar-refractivity contribution is 5.88. The van der Waals surface area contributed by atoms with Crippen LogP contribution in [0, 0.1) is 6.42 Å². The van der Waals surface area contributed by atoms with Gasteiger partial charge in [0, 0.05) is 40.6 Å². The lowest BCUT2D eigenvalue weighted by atomic mass is 10.1. The van der Waals surface area contributed by atoms with Crippen LogP contribution in [0.15, 0.2) is 60.9 Å². The summed E-state index contributed by atoms with van der Waals surface area (Å²) >= 11 is 0. The Bertz CT molecular complexity index is 1290. The fourth-order valence-corrected chi connectivity index (χ4v) is 4.13. The van der Waals surface area contributed by atoms with Gasteiger partial charge in [0.05, 0.1) is 19.4 Å². The molecule has 0 bridgehead atoms. The summed E-state index contributed by atoms with van der Waals surface area (Å²) in [6, 6.07) is 15.3. The molecule has 2 aromatic carbocycles. The number of nitrogens with one attached hydrogen (secondary N) is 2. The van der Waals surface area contributed by atoms with Crippen LogP contribution in [-0.4, -0.2) is 52.1 Å². The predicted molar refractivity (Wildman–Crippen MR) is 120 cm³/mol. The highest BCUT2D eigenvalue weighted by Crippen LogP contribution is 2.24. The van der Waals surface area contributed by atoms with Crippen molar-refractivity contribution in [3.8, 4) is 0 Å². The van der Waals surface area contributed by atoms with Crippen molar-refractivity contribution in [2.45, 2.75) is 31.3 Å². The maximum Gasteiger partial charge on any atom is 0.310 e. The largest absolute Gasteiger partial charge is 0.458 e. The molecule has 0 spiro atoms. The molecular formula is C25H23N2O6. The molecule has 0 amide bonds. The summed E-state index contributed by atoms with van der Waals surface area (Å²) in [7, 11) is 0. The van der Waals surface area contributed by atoms with E-state index < -0.39 is 30.4 Å². The van der Waals surface area contributed by atoms with E-state index in [4.69, 9.17) is 14.2 Å². The molecule has 1 fully saturated rings. The van der Waals surface area contributed by atoms with E-state index in [1.807, 2.05) is 48.5 Å². The molecule has 1 aliphatic heterocycles. The number of esters is 2. The second kappa shape index (κ2) is 9.09. The lowest BCUT2D eigenvalue weighted by molar-refractivity contribution is -0.226. The average Bonchev–Trinajstić information content (AvgIpc) is 3.41. The lowest BCUT2D eigenvalue weighted by Crippen LogP contribution is -2.49. The minimum atomic E-state index is -1.40. The molecule has 8 nitrogen and oxygen atoms in total. The Hall–Kier alpha value is -3.62. The molecule has 1 aliphatic rings. The smallest absolute Gasteiger partial charge is 0.310 e. The number of benzene rings is 2. The van der Waals surface area contributed by atoms with Crippen LogP contribution in [0.1, 0.15) is 11.1 Å². The van der Waals surface area contributed by atoms with E-state index in [0.717, 1.165) is 32.9 Å². The van der Waals surface area contributed by atoms with Crippen molar-refractivity contribution in [3.05, 3.63) is 78.5 Å². The van der Waals surface area contributed by atoms with Crippen LogP contribution in [-0.2, 0) is 36.6 Å². The zero-order valence-electron chi connectivity index (χ0n) is 17.7. The number of H-pyrrole nitrogens is 2. The molecule has 0 aliphatic carbocycles. The fourth-order valence-electron chi connectivity index (χ4n) is 4.13. The summed E-state index contributed by atoms with van der Waals surface area (Å²) in [6.07, 6.45) is 1.68. The molecule has 1 saturated heterocycles. The number of rotatable bonds is 6. The summed E-state index contributed by atoms with van der Waals surface area (Å²) in [4.78, 5) is 31.5. The molecule has 2 aromatic heterocycles. The van der Waals surface area contributed by atoms with Crippen molar-refractivity contribution in [2.75, 3.05) is 6.61 Å². The molecule has 33 heavy (non-hydrogen) atoms. The number of ether oxygens (including phenoxy) is 3. The number of para-hydroxylation sites is 2. The first kappa shape index (κ1) is 21.2. The van der Waals surface area contributed by atoms with Gasteiger partial charge in [-0.05, 0) is 23.3 Å². The summed E-state index contributed by atoms with van der Waals surface area (Å²) in [5.74, 6) is -1.05. The van der Waals surface area contributed by atoms with E-state index in [-0.39, 0.29) is 19.4 Å². The Morgan fingerprint density at radius 2 is 1.42 bits per heavy atom. The molecule has 1 radical (unpaired) electrons. The Balaban J connectivity index is 1.24. The van der Waals surface area contributed by atoms with Crippen molar-refractivity contribution in [2.24, 2.45) is 0 Å². The van der Waals surface area contributed by atoms with E-state index in [1.165, 1.54) is 0 Å². The van der Waals surface area contributed by atoms with Crippen LogP contribution >= 0.6 is 0 Å². The van der Waals surface area contributed by atoms with E-state index in [0.29, 0.717) is 0 Å². The summed E-state index contributed by atoms with van der Waals surface area (Å²) in [6.45, 7) is 0.0721. The van der Waals surface area contributed by atoms with Gasteiger partial charge in [-0.3, -0.25) is 9.59 Å². The number of fused-ring (bicyclic) bond motifs is 2. The zero-order chi connectivity index (χ0) is 22.8. The Kier molecular flexibility index (Phi) is 5.85. The quantitative estimate of drug-likeness (QED) is 0.392. The summed E-state index contributed by atoms with van der Waals surface area (Å²) in [5.41, 5.74) is 3.42. The molecular weight excluding hydrogens is 424 g/mol. The van der Waals surface area contributed by atoms with Crippen LogP contribution < -0.4 is 0 Å². The second-order valence-electron chi connectivity index (χ2n) is 7.94. The normalized spacial score (nSPS) is 20.7. The molecule has 4 aromatic rings. The Morgan fingerprint density at radius 1 is 0.879 bits per heavy atom. The Labute approximate surface area is 189 Å². The van der Waals surface area contributed by atoms with Gasteiger partial charge < -0.3 is 29.3 Å². The number of aromatic amines is 2. The van der Waals surface area contributed by atoms with E-state index in [1.54, 1.807) is 18.8 Å². The topological polar surface area (TPSA) is 114 Å². The van der Waals surface area contributed by atoms with Gasteiger partial charge in [-0.2, -0.15) is 0 Å². The fraction of sp³-hybridized carbons (Fsp3) is 0.240. The first-order valence-corrected chi connectivity index (χ1v) is 10.7. The number of aliphatic hydroxyl groups is 1. The summed E-state index contributed by atoms with van der Waals surface area (Å²) in [5, 5.41) is 12.1. The maximum atomic E-state index is 12.6. The molecule has 1 unspecified atom stereocenters.